The highest BCUT2D eigenvalue weighted by molar-refractivity contribution is 6.41. The van der Waals surface area contributed by atoms with E-state index in [0.717, 1.165) is 83.7 Å². The Morgan fingerprint density at radius 2 is 0.545 bits per heavy atom. The summed E-state index contributed by atoms with van der Waals surface area (Å²) >= 11 is 0. The second kappa shape index (κ2) is 25.3. The average Bonchev–Trinajstić information content (AvgIpc) is 3.33. The van der Waals surface area contributed by atoms with Crippen LogP contribution in [0.5, 0.6) is 0 Å². The van der Waals surface area contributed by atoms with Crippen LogP contribution in [-0.2, 0) is 0 Å². The summed E-state index contributed by atoms with van der Waals surface area (Å²) in [5, 5.41) is 6.93. The SMILES string of the molecule is CCCCCCCC/C=C\CCCCCCCCN1C(=O)c2ccc3c4ccc5c6c(ccc(c7ccc(c2c37)C1=O)c64)C(=O)N(CCCCCCCC/C=C\CCCCCCCC)C5=O. The summed E-state index contributed by atoms with van der Waals surface area (Å²) in [6, 6.07) is 15.5. The van der Waals surface area contributed by atoms with E-state index in [1.165, 1.54) is 138 Å². The number of rotatable bonds is 32. The van der Waals surface area contributed by atoms with Crippen LogP contribution < -0.4 is 0 Å². The summed E-state index contributed by atoms with van der Waals surface area (Å²) in [4.78, 5) is 59.1. The number of carbonyl (C=O) groups excluding carboxylic acids is 4. The first-order valence-corrected chi connectivity index (χ1v) is 26.7. The first-order chi connectivity index (χ1) is 32.5. The molecule has 2 aliphatic heterocycles. The van der Waals surface area contributed by atoms with Gasteiger partial charge in [0.1, 0.15) is 0 Å². The molecule has 0 aliphatic carbocycles. The van der Waals surface area contributed by atoms with Gasteiger partial charge in [0.2, 0.25) is 0 Å². The number of imide groups is 2. The van der Waals surface area contributed by atoms with Crippen LogP contribution in [0, 0.1) is 0 Å². The third-order valence-electron chi connectivity index (χ3n) is 14.6. The molecule has 0 bridgehead atoms. The van der Waals surface area contributed by atoms with Crippen molar-refractivity contribution in [2.75, 3.05) is 13.1 Å². The molecule has 352 valence electrons. The Balaban J connectivity index is 0.908. The number of hydrogen-bond donors (Lipinski definition) is 0. The molecule has 2 heterocycles. The highest BCUT2D eigenvalue weighted by Crippen LogP contribution is 2.46. The summed E-state index contributed by atoms with van der Waals surface area (Å²) in [5.41, 5.74) is 2.26. The minimum Gasteiger partial charge on any atom is -0.274 e. The molecule has 2 aliphatic rings. The maximum atomic E-state index is 14.1. The van der Waals surface area contributed by atoms with E-state index in [1.54, 1.807) is 0 Å². The molecule has 0 saturated heterocycles. The molecule has 0 fully saturated rings. The number of benzene rings is 5. The second-order valence-electron chi connectivity index (χ2n) is 19.5. The predicted molar refractivity (Wildman–Crippen MR) is 277 cm³/mol. The molecule has 66 heavy (non-hydrogen) atoms. The molecular formula is C60H78N2O4. The Bertz CT molecular complexity index is 2180. The maximum Gasteiger partial charge on any atom is 0.261 e. The molecule has 0 radical (unpaired) electrons. The summed E-state index contributed by atoms with van der Waals surface area (Å²) in [5.74, 6) is -0.896. The first kappa shape index (κ1) is 49.1. The Kier molecular flexibility index (Phi) is 18.8. The molecule has 7 rings (SSSR count). The number of allylic oxidation sites excluding steroid dienone is 4. The Morgan fingerprint density at radius 1 is 0.303 bits per heavy atom. The molecule has 0 unspecified atom stereocenters. The van der Waals surface area contributed by atoms with Crippen LogP contribution in [0.15, 0.2) is 72.8 Å². The van der Waals surface area contributed by atoms with Gasteiger partial charge in [-0.2, -0.15) is 0 Å². The van der Waals surface area contributed by atoms with Crippen molar-refractivity contribution in [2.45, 2.75) is 194 Å². The number of unbranched alkanes of at least 4 members (excludes halogenated alkanes) is 24. The van der Waals surface area contributed by atoms with E-state index in [2.05, 4.69) is 38.2 Å². The third-order valence-corrected chi connectivity index (χ3v) is 14.6. The van der Waals surface area contributed by atoms with E-state index in [4.69, 9.17) is 0 Å². The molecule has 0 saturated carbocycles. The lowest BCUT2D eigenvalue weighted by atomic mass is 9.82. The van der Waals surface area contributed by atoms with Crippen LogP contribution in [-0.4, -0.2) is 46.5 Å². The Hall–Kier alpha value is -4.84. The summed E-state index contributed by atoms with van der Waals surface area (Å²) in [6.07, 6.45) is 43.4. The molecule has 5 aromatic carbocycles. The highest BCUT2D eigenvalue weighted by Gasteiger charge is 2.36. The second-order valence-corrected chi connectivity index (χ2v) is 19.5. The van der Waals surface area contributed by atoms with E-state index in [9.17, 15) is 19.2 Å². The van der Waals surface area contributed by atoms with Crippen LogP contribution in [0.25, 0.3) is 43.1 Å². The van der Waals surface area contributed by atoms with Gasteiger partial charge >= 0.3 is 0 Å². The fraction of sp³-hybridized carbons (Fsp3) is 0.533. The van der Waals surface area contributed by atoms with Gasteiger partial charge in [-0.1, -0.05) is 178 Å². The molecule has 6 heteroatoms. The van der Waals surface area contributed by atoms with Crippen molar-refractivity contribution in [3.8, 4) is 0 Å². The molecule has 0 N–H and O–H groups in total. The quantitative estimate of drug-likeness (QED) is 0.0142. The zero-order chi connectivity index (χ0) is 46.1. The fourth-order valence-electron chi connectivity index (χ4n) is 10.8. The number of nitrogens with zero attached hydrogens (tertiary/aromatic N) is 2. The van der Waals surface area contributed by atoms with Gasteiger partial charge in [-0.3, -0.25) is 29.0 Å². The number of carbonyl (C=O) groups is 4. The van der Waals surface area contributed by atoms with Crippen LogP contribution >= 0.6 is 0 Å². The number of amides is 4. The van der Waals surface area contributed by atoms with E-state index < -0.39 is 0 Å². The molecule has 6 nitrogen and oxygen atoms in total. The zero-order valence-electron chi connectivity index (χ0n) is 40.7. The van der Waals surface area contributed by atoms with Crippen molar-refractivity contribution in [3.63, 3.8) is 0 Å². The van der Waals surface area contributed by atoms with Gasteiger partial charge < -0.3 is 0 Å². The van der Waals surface area contributed by atoms with Crippen molar-refractivity contribution in [3.05, 3.63) is 95.1 Å². The first-order valence-electron chi connectivity index (χ1n) is 26.7. The minimum absolute atomic E-state index is 0.224. The Morgan fingerprint density at radius 3 is 0.818 bits per heavy atom. The standard InChI is InChI=1S/C60H78N2O4/c1-3-5-7-9-11-13-15-17-19-21-23-25-27-29-31-33-43-61-57(63)49-39-35-45-47-37-41-51-56-52(42-38-48(54(47)56)46-36-40-50(58(61)64)55(49)53(45)46)60(66)62(59(51)65)44-34-32-30-28-26-24-22-20-18-16-14-12-10-8-6-4-2/h17-20,35-42H,3-16,21-34,43-44H2,1-2H3/b19-17-,20-18-. The lowest BCUT2D eigenvalue weighted by Gasteiger charge is -2.30. The van der Waals surface area contributed by atoms with E-state index >= 15 is 0 Å². The van der Waals surface area contributed by atoms with Gasteiger partial charge in [0.15, 0.2) is 0 Å². The largest absolute Gasteiger partial charge is 0.274 e. The van der Waals surface area contributed by atoms with Gasteiger partial charge in [-0.15, -0.1) is 0 Å². The molecule has 0 atom stereocenters. The average molecular weight is 891 g/mol. The molecule has 5 aromatic rings. The zero-order valence-corrected chi connectivity index (χ0v) is 40.7. The molecule has 0 spiro atoms. The number of hydrogen-bond acceptors (Lipinski definition) is 4. The lowest BCUT2D eigenvalue weighted by Crippen LogP contribution is -2.41. The van der Waals surface area contributed by atoms with E-state index in [1.807, 2.05) is 48.5 Å². The van der Waals surface area contributed by atoms with Crippen molar-refractivity contribution in [1.29, 1.82) is 0 Å². The summed E-state index contributed by atoms with van der Waals surface area (Å²) in [6.45, 7) is 5.38. The lowest BCUT2D eigenvalue weighted by molar-refractivity contribution is 0.0592. The third kappa shape index (κ3) is 11.6. The van der Waals surface area contributed by atoms with Gasteiger partial charge in [-0.25, -0.2) is 0 Å². The van der Waals surface area contributed by atoms with Gasteiger partial charge in [-0.05, 0) is 121 Å². The van der Waals surface area contributed by atoms with Crippen LogP contribution in [0.4, 0.5) is 0 Å². The number of fused-ring (bicyclic) bond motifs is 2. The van der Waals surface area contributed by atoms with E-state index in [-0.39, 0.29) is 23.6 Å². The predicted octanol–water partition coefficient (Wildman–Crippen LogP) is 17.0. The smallest absolute Gasteiger partial charge is 0.261 e. The highest BCUT2D eigenvalue weighted by atomic mass is 16.2. The van der Waals surface area contributed by atoms with E-state index in [0.29, 0.717) is 46.1 Å². The van der Waals surface area contributed by atoms with Crippen LogP contribution in [0.3, 0.4) is 0 Å². The topological polar surface area (TPSA) is 74.8 Å². The minimum atomic E-state index is -0.224. The Labute approximate surface area is 396 Å². The van der Waals surface area contributed by atoms with Crippen molar-refractivity contribution >= 4 is 66.7 Å². The van der Waals surface area contributed by atoms with Crippen LogP contribution in [0.2, 0.25) is 0 Å². The van der Waals surface area contributed by atoms with Crippen LogP contribution in [0.1, 0.15) is 235 Å². The summed E-state index contributed by atoms with van der Waals surface area (Å²) in [7, 11) is 0. The molecular weight excluding hydrogens is 813 g/mol. The van der Waals surface area contributed by atoms with Gasteiger partial charge in [0.25, 0.3) is 23.6 Å². The van der Waals surface area contributed by atoms with Crippen molar-refractivity contribution < 1.29 is 19.2 Å². The van der Waals surface area contributed by atoms with Gasteiger partial charge in [0.05, 0.1) is 0 Å². The molecule has 0 aromatic heterocycles. The maximum absolute atomic E-state index is 14.1. The monoisotopic (exact) mass is 891 g/mol. The normalized spacial score (nSPS) is 14.2. The molecule has 4 amide bonds. The fourth-order valence-corrected chi connectivity index (χ4v) is 10.8. The van der Waals surface area contributed by atoms with Gasteiger partial charge in [0, 0.05) is 46.1 Å². The summed E-state index contributed by atoms with van der Waals surface area (Å²) < 4.78 is 0. The van der Waals surface area contributed by atoms with Crippen molar-refractivity contribution in [1.82, 2.24) is 9.80 Å². The van der Waals surface area contributed by atoms with Crippen molar-refractivity contribution in [2.24, 2.45) is 0 Å².